The monoisotopic (exact) mass is 230 g/mol. The molecule has 86 valence electrons. The van der Waals surface area contributed by atoms with Gasteiger partial charge in [-0.3, -0.25) is 0 Å². The van der Waals surface area contributed by atoms with E-state index in [0.29, 0.717) is 11.5 Å². The molecule has 0 atom stereocenters. The summed E-state index contributed by atoms with van der Waals surface area (Å²) in [4.78, 5) is 22.8. The lowest BCUT2D eigenvalue weighted by Crippen LogP contribution is -2.06. The number of carbonyl (C=O) groups is 1. The van der Waals surface area contributed by atoms with Gasteiger partial charge < -0.3 is 10.4 Å². The zero-order valence-electron chi connectivity index (χ0n) is 9.08. The molecule has 0 bridgehead atoms. The van der Waals surface area contributed by atoms with Crippen LogP contribution in [0.3, 0.4) is 0 Å². The molecule has 0 unspecified atom stereocenters. The van der Waals surface area contributed by atoms with Crippen LogP contribution >= 0.6 is 0 Å². The van der Waals surface area contributed by atoms with Crippen molar-refractivity contribution in [2.24, 2.45) is 0 Å². The number of aryl methyl sites for hydroxylation is 1. The second-order valence-electron chi connectivity index (χ2n) is 3.36. The highest BCUT2D eigenvalue weighted by atomic mass is 16.4. The lowest BCUT2D eigenvalue weighted by Gasteiger charge is -2.05. The molecule has 6 nitrogen and oxygen atoms in total. The first-order chi connectivity index (χ1) is 8.15. The molecule has 0 aliphatic rings. The number of carboxylic acid groups (broad SMARTS) is 1. The van der Waals surface area contributed by atoms with Crippen molar-refractivity contribution in [2.75, 3.05) is 5.32 Å². The van der Waals surface area contributed by atoms with Gasteiger partial charge in [0.25, 0.3) is 0 Å². The van der Waals surface area contributed by atoms with Gasteiger partial charge in [-0.05, 0) is 25.1 Å². The second kappa shape index (κ2) is 4.56. The van der Waals surface area contributed by atoms with Crippen LogP contribution in [0.5, 0.6) is 0 Å². The Balaban J connectivity index is 2.30. The fourth-order valence-electron chi connectivity index (χ4n) is 1.29. The summed E-state index contributed by atoms with van der Waals surface area (Å²) in [6, 6.07) is 6.74. The van der Waals surface area contributed by atoms with Crippen molar-refractivity contribution < 1.29 is 9.90 Å². The molecule has 0 saturated heterocycles. The maximum Gasteiger partial charge on any atom is 0.354 e. The number of nitrogens with one attached hydrogen (secondary N) is 1. The number of aromatic carboxylic acids is 1. The van der Waals surface area contributed by atoms with Crippen molar-refractivity contribution in [3.63, 3.8) is 0 Å². The minimum Gasteiger partial charge on any atom is -0.477 e. The minimum atomic E-state index is -1.08. The smallest absolute Gasteiger partial charge is 0.354 e. The normalized spacial score (nSPS) is 9.94. The third-order valence-corrected chi connectivity index (χ3v) is 1.98. The van der Waals surface area contributed by atoms with E-state index in [1.807, 2.05) is 6.07 Å². The highest BCUT2D eigenvalue weighted by Gasteiger charge is 2.08. The predicted molar refractivity (Wildman–Crippen MR) is 61.2 cm³/mol. The summed E-state index contributed by atoms with van der Waals surface area (Å²) in [7, 11) is 0. The molecular weight excluding hydrogens is 220 g/mol. The van der Waals surface area contributed by atoms with E-state index in [2.05, 4.69) is 20.3 Å². The van der Waals surface area contributed by atoms with E-state index in [4.69, 9.17) is 5.11 Å². The van der Waals surface area contributed by atoms with E-state index in [9.17, 15) is 4.79 Å². The third-order valence-electron chi connectivity index (χ3n) is 1.98. The van der Waals surface area contributed by atoms with Gasteiger partial charge in [-0.25, -0.2) is 19.7 Å². The topological polar surface area (TPSA) is 88.0 Å². The number of nitrogens with zero attached hydrogens (tertiary/aromatic N) is 3. The molecule has 2 aromatic heterocycles. The van der Waals surface area contributed by atoms with Crippen molar-refractivity contribution in [3.05, 3.63) is 41.9 Å². The van der Waals surface area contributed by atoms with Crippen molar-refractivity contribution in [1.29, 1.82) is 0 Å². The van der Waals surface area contributed by atoms with Crippen molar-refractivity contribution in [3.8, 4) is 0 Å². The van der Waals surface area contributed by atoms with Crippen LogP contribution in [0.15, 0.2) is 30.5 Å². The Kier molecular flexibility index (Phi) is 2.95. The first-order valence-electron chi connectivity index (χ1n) is 4.92. The van der Waals surface area contributed by atoms with Gasteiger partial charge in [-0.1, -0.05) is 6.07 Å². The maximum absolute atomic E-state index is 10.8. The van der Waals surface area contributed by atoms with Gasteiger partial charge in [-0.2, -0.15) is 0 Å². The van der Waals surface area contributed by atoms with E-state index in [1.54, 1.807) is 25.3 Å². The summed E-state index contributed by atoms with van der Waals surface area (Å²) in [6.45, 7) is 1.71. The molecule has 0 spiro atoms. The Morgan fingerprint density at radius 2 is 2.18 bits per heavy atom. The summed E-state index contributed by atoms with van der Waals surface area (Å²) in [6.07, 6.45) is 1.62. The van der Waals surface area contributed by atoms with E-state index in [1.165, 1.54) is 6.07 Å². The van der Waals surface area contributed by atoms with Gasteiger partial charge in [-0.15, -0.1) is 0 Å². The first-order valence-corrected chi connectivity index (χ1v) is 4.92. The Hall–Kier alpha value is -2.50. The van der Waals surface area contributed by atoms with Crippen LogP contribution in [-0.4, -0.2) is 26.0 Å². The lowest BCUT2D eigenvalue weighted by atomic mass is 10.3. The largest absolute Gasteiger partial charge is 0.477 e. The van der Waals surface area contributed by atoms with Crippen LogP contribution in [0.1, 0.15) is 16.2 Å². The Morgan fingerprint density at radius 1 is 1.35 bits per heavy atom. The highest BCUT2D eigenvalue weighted by molar-refractivity contribution is 5.85. The number of pyridine rings is 1. The van der Waals surface area contributed by atoms with Crippen molar-refractivity contribution in [2.45, 2.75) is 6.92 Å². The quantitative estimate of drug-likeness (QED) is 0.833. The molecule has 17 heavy (non-hydrogen) atoms. The molecule has 2 heterocycles. The summed E-state index contributed by atoms with van der Waals surface area (Å²) in [5, 5.41) is 11.7. The molecule has 0 saturated carbocycles. The number of aromatic nitrogens is 3. The molecule has 0 aliphatic heterocycles. The van der Waals surface area contributed by atoms with Crippen LogP contribution in [-0.2, 0) is 0 Å². The molecule has 0 radical (unpaired) electrons. The molecule has 2 aromatic rings. The fourth-order valence-corrected chi connectivity index (χ4v) is 1.29. The van der Waals surface area contributed by atoms with Crippen molar-refractivity contribution in [1.82, 2.24) is 15.0 Å². The van der Waals surface area contributed by atoms with Gasteiger partial charge in [0.2, 0.25) is 5.95 Å². The van der Waals surface area contributed by atoms with Gasteiger partial charge in [0, 0.05) is 11.9 Å². The zero-order valence-corrected chi connectivity index (χ0v) is 9.08. The zero-order chi connectivity index (χ0) is 12.3. The van der Waals surface area contributed by atoms with Gasteiger partial charge in [0.15, 0.2) is 5.69 Å². The predicted octanol–water partition coefficient (Wildman–Crippen LogP) is 1.62. The average Bonchev–Trinajstić information content (AvgIpc) is 2.29. The summed E-state index contributed by atoms with van der Waals surface area (Å²) >= 11 is 0. The van der Waals surface area contributed by atoms with E-state index in [0.717, 1.165) is 0 Å². The van der Waals surface area contributed by atoms with Crippen LogP contribution in [0, 0.1) is 6.92 Å². The van der Waals surface area contributed by atoms with Crippen LogP contribution < -0.4 is 5.32 Å². The molecule has 2 rings (SSSR count). The van der Waals surface area contributed by atoms with E-state index in [-0.39, 0.29) is 11.6 Å². The van der Waals surface area contributed by atoms with Gasteiger partial charge in [0.1, 0.15) is 5.82 Å². The molecule has 2 N–H and O–H groups in total. The van der Waals surface area contributed by atoms with Gasteiger partial charge in [0.05, 0.1) is 0 Å². The number of rotatable bonds is 3. The highest BCUT2D eigenvalue weighted by Crippen LogP contribution is 2.10. The number of hydrogen-bond acceptors (Lipinski definition) is 5. The first kappa shape index (κ1) is 11.0. The Labute approximate surface area is 97.4 Å². The summed E-state index contributed by atoms with van der Waals surface area (Å²) < 4.78 is 0. The molecule has 0 amide bonds. The molecule has 0 aliphatic carbocycles. The Bertz CT molecular complexity index is 542. The molecular formula is C11H10N4O2. The van der Waals surface area contributed by atoms with E-state index < -0.39 is 5.97 Å². The van der Waals surface area contributed by atoms with Gasteiger partial charge >= 0.3 is 5.97 Å². The average molecular weight is 230 g/mol. The molecule has 6 heteroatoms. The summed E-state index contributed by atoms with van der Waals surface area (Å²) in [5.41, 5.74) is 0.534. The molecule has 0 aromatic carbocycles. The van der Waals surface area contributed by atoms with Crippen molar-refractivity contribution >= 4 is 17.7 Å². The summed E-state index contributed by atoms with van der Waals surface area (Å²) in [5.74, 6) is -0.296. The van der Waals surface area contributed by atoms with Crippen LogP contribution in [0.25, 0.3) is 0 Å². The lowest BCUT2D eigenvalue weighted by molar-refractivity contribution is 0.0690. The van der Waals surface area contributed by atoms with E-state index >= 15 is 0 Å². The fraction of sp³-hybridized carbons (Fsp3) is 0.0909. The van der Waals surface area contributed by atoms with Crippen LogP contribution in [0.2, 0.25) is 0 Å². The second-order valence-corrected chi connectivity index (χ2v) is 3.36. The SMILES string of the molecule is Cc1cc(C(=O)O)nc(Nc2ccccn2)n1. The minimum absolute atomic E-state index is 0.0454. The number of anilines is 2. The maximum atomic E-state index is 10.8. The molecule has 0 fully saturated rings. The third kappa shape index (κ3) is 2.75. The number of hydrogen-bond donors (Lipinski definition) is 2. The number of carboxylic acids is 1. The Morgan fingerprint density at radius 3 is 2.82 bits per heavy atom. The standard InChI is InChI=1S/C11H10N4O2/c1-7-6-8(10(16)17)14-11(13-7)15-9-4-2-3-5-12-9/h2-6H,1H3,(H,16,17)(H,12,13,14,15). The van der Waals surface area contributed by atoms with Crippen LogP contribution in [0.4, 0.5) is 11.8 Å².